The molecule has 0 aliphatic carbocycles. The van der Waals surface area contributed by atoms with Crippen molar-refractivity contribution in [1.82, 2.24) is 0 Å². The number of anilines is 1. The highest BCUT2D eigenvalue weighted by atomic mass is 35.5. The molecule has 0 radical (unpaired) electrons. The first kappa shape index (κ1) is 16.2. The van der Waals surface area contributed by atoms with Crippen LogP contribution in [0.3, 0.4) is 0 Å². The van der Waals surface area contributed by atoms with Crippen molar-refractivity contribution in [3.05, 3.63) is 22.8 Å². The Morgan fingerprint density at radius 1 is 1.52 bits per heavy atom. The van der Waals surface area contributed by atoms with Crippen molar-refractivity contribution < 1.29 is 27.7 Å². The van der Waals surface area contributed by atoms with Gasteiger partial charge in [-0.05, 0) is 6.07 Å². The summed E-state index contributed by atoms with van der Waals surface area (Å²) in [5, 5.41) is -0.453. The van der Waals surface area contributed by atoms with Gasteiger partial charge in [0.1, 0.15) is 17.8 Å². The fourth-order valence-corrected chi connectivity index (χ4v) is 2.83. The summed E-state index contributed by atoms with van der Waals surface area (Å²) in [4.78, 5) is 15.7. The van der Waals surface area contributed by atoms with Gasteiger partial charge in [0.25, 0.3) is 5.82 Å². The maximum atomic E-state index is 12.6. The SMILES string of the molecule is COC(=O)[C@H]1C[C@H](Cl)CN1c1[nH+]cc(C(F)(F)F)cc1Cl. The van der Waals surface area contributed by atoms with Crippen LogP contribution in [-0.4, -0.2) is 31.0 Å². The standard InChI is InChI=1S/C12H11Cl2F3N2O2/c1-21-11(20)9-3-7(13)5-19(9)10-8(14)2-6(4-18-10)12(15,16)17/h2,4,7,9H,3,5H2,1H3/p+1/t7-,9+/m0/s1. The number of nitrogens with one attached hydrogen (secondary N) is 1. The Bertz CT molecular complexity index is 554. The monoisotopic (exact) mass is 343 g/mol. The van der Waals surface area contributed by atoms with Gasteiger partial charge in [-0.2, -0.15) is 13.2 Å². The zero-order valence-electron chi connectivity index (χ0n) is 10.9. The maximum Gasteiger partial charge on any atom is 0.419 e. The Labute approximate surface area is 128 Å². The van der Waals surface area contributed by atoms with Crippen molar-refractivity contribution in [3.8, 4) is 0 Å². The molecule has 0 amide bonds. The number of aromatic nitrogens is 1. The van der Waals surface area contributed by atoms with Crippen LogP contribution in [0.15, 0.2) is 12.3 Å². The number of alkyl halides is 4. The lowest BCUT2D eigenvalue weighted by molar-refractivity contribution is -0.367. The summed E-state index contributed by atoms with van der Waals surface area (Å²) in [7, 11) is 1.24. The number of hydrogen-bond donors (Lipinski definition) is 0. The molecule has 4 nitrogen and oxygen atoms in total. The summed E-state index contributed by atoms with van der Waals surface area (Å²) in [6, 6.07) is 0.131. The zero-order chi connectivity index (χ0) is 15.8. The largest absolute Gasteiger partial charge is 0.466 e. The summed E-state index contributed by atoms with van der Waals surface area (Å²) in [6.07, 6.45) is -3.36. The lowest BCUT2D eigenvalue weighted by Gasteiger charge is -2.17. The molecule has 116 valence electrons. The molecular weight excluding hydrogens is 332 g/mol. The van der Waals surface area contributed by atoms with E-state index in [1.54, 1.807) is 0 Å². The Hall–Kier alpha value is -1.21. The summed E-state index contributed by atoms with van der Waals surface area (Å²) < 4.78 is 42.5. The molecule has 21 heavy (non-hydrogen) atoms. The number of aromatic amines is 1. The van der Waals surface area contributed by atoms with E-state index in [-0.39, 0.29) is 22.8 Å². The van der Waals surface area contributed by atoms with Gasteiger partial charge in [-0.15, -0.1) is 11.6 Å². The summed E-state index contributed by atoms with van der Waals surface area (Å²) in [5.74, 6) is -0.300. The summed E-state index contributed by atoms with van der Waals surface area (Å²) in [6.45, 7) is 0.281. The number of hydrogen-bond acceptors (Lipinski definition) is 3. The van der Waals surface area contributed by atoms with Crippen LogP contribution in [0.1, 0.15) is 12.0 Å². The number of esters is 1. The van der Waals surface area contributed by atoms with E-state index >= 15 is 0 Å². The Kier molecular flexibility index (Phi) is 4.53. The molecule has 2 rings (SSSR count). The van der Waals surface area contributed by atoms with Crippen LogP contribution in [-0.2, 0) is 15.7 Å². The lowest BCUT2D eigenvalue weighted by atomic mass is 10.2. The quantitative estimate of drug-likeness (QED) is 0.612. The van der Waals surface area contributed by atoms with Gasteiger partial charge in [0.15, 0.2) is 6.04 Å². The zero-order valence-corrected chi connectivity index (χ0v) is 12.4. The summed E-state index contributed by atoms with van der Waals surface area (Å²) >= 11 is 11.9. The number of carbonyl (C=O) groups is 1. The van der Waals surface area contributed by atoms with Crippen molar-refractivity contribution in [3.63, 3.8) is 0 Å². The minimum absolute atomic E-state index is 0.135. The van der Waals surface area contributed by atoms with Gasteiger partial charge in [-0.25, -0.2) is 14.7 Å². The molecule has 9 heteroatoms. The Balaban J connectivity index is 2.34. The van der Waals surface area contributed by atoms with Gasteiger partial charge in [-0.3, -0.25) is 0 Å². The predicted molar refractivity (Wildman–Crippen MR) is 70.4 cm³/mol. The molecule has 1 aliphatic rings. The van der Waals surface area contributed by atoms with Gasteiger partial charge in [0, 0.05) is 6.42 Å². The molecule has 1 saturated heterocycles. The van der Waals surface area contributed by atoms with Crippen LogP contribution in [0.25, 0.3) is 0 Å². The van der Waals surface area contributed by atoms with Crippen LogP contribution in [0.5, 0.6) is 0 Å². The molecule has 1 N–H and O–H groups in total. The molecule has 0 saturated carbocycles. The number of methoxy groups -OCH3 is 1. The molecule has 1 fully saturated rings. The van der Waals surface area contributed by atoms with Crippen molar-refractivity contribution in [1.29, 1.82) is 0 Å². The minimum Gasteiger partial charge on any atom is -0.466 e. The lowest BCUT2D eigenvalue weighted by Crippen LogP contribution is -2.40. The first-order valence-electron chi connectivity index (χ1n) is 6.01. The van der Waals surface area contributed by atoms with Gasteiger partial charge in [0.2, 0.25) is 0 Å². The molecule has 0 aromatic carbocycles. The van der Waals surface area contributed by atoms with E-state index in [0.717, 1.165) is 12.3 Å². The van der Waals surface area contributed by atoms with Crippen LogP contribution in [0, 0.1) is 0 Å². The second-order valence-corrected chi connectivity index (χ2v) is 5.63. The number of rotatable bonds is 2. The van der Waals surface area contributed by atoms with E-state index in [1.807, 2.05) is 0 Å². The number of nitrogens with zero attached hydrogens (tertiary/aromatic N) is 1. The minimum atomic E-state index is -4.50. The first-order valence-corrected chi connectivity index (χ1v) is 6.82. The van der Waals surface area contributed by atoms with Crippen molar-refractivity contribution in [2.45, 2.75) is 24.0 Å². The topological polar surface area (TPSA) is 43.7 Å². The highest BCUT2D eigenvalue weighted by Crippen LogP contribution is 2.35. The van der Waals surface area contributed by atoms with Gasteiger partial charge in [0.05, 0.1) is 18.1 Å². The van der Waals surface area contributed by atoms with Gasteiger partial charge >= 0.3 is 12.1 Å². The fraction of sp³-hybridized carbons (Fsp3) is 0.500. The van der Waals surface area contributed by atoms with Crippen molar-refractivity contribution >= 4 is 35.0 Å². The highest BCUT2D eigenvalue weighted by Gasteiger charge is 2.44. The van der Waals surface area contributed by atoms with Crippen LogP contribution >= 0.6 is 23.2 Å². The van der Waals surface area contributed by atoms with Crippen molar-refractivity contribution in [2.24, 2.45) is 0 Å². The second-order valence-electron chi connectivity index (χ2n) is 4.61. The molecule has 2 atom stereocenters. The van der Waals surface area contributed by atoms with Gasteiger partial charge < -0.3 is 4.74 Å². The fourth-order valence-electron chi connectivity index (χ4n) is 2.24. The molecule has 0 bridgehead atoms. The normalized spacial score (nSPS) is 22.5. The highest BCUT2D eigenvalue weighted by molar-refractivity contribution is 6.32. The summed E-state index contributed by atoms with van der Waals surface area (Å²) in [5.41, 5.74) is -0.896. The van der Waals surface area contributed by atoms with E-state index < -0.39 is 23.8 Å². The molecule has 0 spiro atoms. The van der Waals surface area contributed by atoms with E-state index in [2.05, 4.69) is 9.72 Å². The predicted octanol–water partition coefficient (Wildman–Crippen LogP) is 2.53. The molecule has 2 heterocycles. The number of pyridine rings is 1. The van der Waals surface area contributed by atoms with E-state index in [4.69, 9.17) is 23.2 Å². The molecule has 1 aromatic heterocycles. The maximum absolute atomic E-state index is 12.6. The number of carbonyl (C=O) groups excluding carboxylic acids is 1. The van der Waals surface area contributed by atoms with Crippen molar-refractivity contribution in [2.75, 3.05) is 18.6 Å². The molecular formula is C12H12Cl2F3N2O2+. The molecule has 1 aromatic rings. The third kappa shape index (κ3) is 3.35. The average molecular weight is 344 g/mol. The smallest absolute Gasteiger partial charge is 0.419 e. The Morgan fingerprint density at radius 3 is 2.71 bits per heavy atom. The third-order valence-corrected chi connectivity index (χ3v) is 3.81. The number of H-pyrrole nitrogens is 1. The van der Waals surface area contributed by atoms with Crippen LogP contribution in [0.4, 0.5) is 19.0 Å². The molecule has 1 aliphatic heterocycles. The van der Waals surface area contributed by atoms with Gasteiger partial charge in [-0.1, -0.05) is 11.6 Å². The van der Waals surface area contributed by atoms with E-state index in [9.17, 15) is 18.0 Å². The van der Waals surface area contributed by atoms with E-state index in [1.165, 1.54) is 12.0 Å². The number of ether oxygens (including phenoxy) is 1. The Morgan fingerprint density at radius 2 is 2.19 bits per heavy atom. The van der Waals surface area contributed by atoms with E-state index in [0.29, 0.717) is 6.42 Å². The third-order valence-electron chi connectivity index (χ3n) is 3.21. The second kappa shape index (κ2) is 5.88. The average Bonchev–Trinajstić information content (AvgIpc) is 2.78. The number of halogens is 5. The van der Waals surface area contributed by atoms with Crippen LogP contribution < -0.4 is 9.88 Å². The van der Waals surface area contributed by atoms with Crippen LogP contribution in [0.2, 0.25) is 5.02 Å². The molecule has 0 unspecified atom stereocenters. The first-order chi connectivity index (χ1) is 9.74.